The molecule has 1 aromatic heterocycles. The van der Waals surface area contributed by atoms with Crippen molar-refractivity contribution in [1.82, 2.24) is 0 Å². The number of ketones is 1. The summed E-state index contributed by atoms with van der Waals surface area (Å²) in [4.78, 5) is 11.7. The van der Waals surface area contributed by atoms with Gasteiger partial charge in [-0.3, -0.25) is 4.79 Å². The number of hydrogen-bond donors (Lipinski definition) is 0. The minimum Gasteiger partial charge on any atom is -0.469 e. The molecule has 0 aromatic carbocycles. The third kappa shape index (κ3) is 3.58. The predicted molar refractivity (Wildman–Crippen MR) is 68.8 cm³/mol. The summed E-state index contributed by atoms with van der Waals surface area (Å²) in [5.41, 5.74) is 2.07. The van der Waals surface area contributed by atoms with Gasteiger partial charge in [0.1, 0.15) is 5.76 Å². The molecule has 0 saturated heterocycles. The molecule has 1 aliphatic carbocycles. The predicted octanol–water partition coefficient (Wildman–Crippen LogP) is 4.15. The van der Waals surface area contributed by atoms with Crippen LogP contribution in [0.25, 0.3) is 5.57 Å². The molecule has 2 bridgehead atoms. The van der Waals surface area contributed by atoms with E-state index in [2.05, 4.69) is 6.07 Å². The number of carbonyl (C=O) groups is 1. The van der Waals surface area contributed by atoms with Crippen LogP contribution in [0.15, 0.2) is 22.8 Å². The van der Waals surface area contributed by atoms with E-state index in [0.717, 1.165) is 29.7 Å². The smallest absolute Gasteiger partial charge is 0.155 e. The van der Waals surface area contributed by atoms with E-state index >= 15 is 0 Å². The molecule has 2 heteroatoms. The van der Waals surface area contributed by atoms with Gasteiger partial charge in [-0.25, -0.2) is 0 Å². The maximum atomic E-state index is 11.7. The molecule has 0 amide bonds. The summed E-state index contributed by atoms with van der Waals surface area (Å²) >= 11 is 0. The Morgan fingerprint density at radius 1 is 1.06 bits per heavy atom. The van der Waals surface area contributed by atoms with E-state index in [4.69, 9.17) is 4.42 Å². The van der Waals surface area contributed by atoms with E-state index in [1.165, 1.54) is 25.7 Å². The van der Waals surface area contributed by atoms with E-state index in [1.54, 1.807) is 12.3 Å². The minimum atomic E-state index is 0.240. The molecule has 1 aliphatic rings. The second-order valence-corrected chi connectivity index (χ2v) is 4.86. The van der Waals surface area contributed by atoms with E-state index in [-0.39, 0.29) is 5.78 Å². The van der Waals surface area contributed by atoms with Crippen molar-refractivity contribution in [3.63, 3.8) is 0 Å². The third-order valence-electron chi connectivity index (χ3n) is 3.33. The largest absolute Gasteiger partial charge is 0.469 e. The molecule has 1 heterocycles. The minimum absolute atomic E-state index is 0.240. The summed E-state index contributed by atoms with van der Waals surface area (Å²) < 4.78 is 5.51. The molecule has 2 nitrogen and oxygen atoms in total. The lowest BCUT2D eigenvalue weighted by molar-refractivity contribution is -0.114. The number of aryl methyl sites for hydroxylation is 1. The standard InChI is InChI=1S/C15H20O2/c1-12-9-14(16)7-5-3-2-4-6-8-15-10-13(12)11-17-15/h9-11H,2-8H2,1H3/b12-9-. The summed E-state index contributed by atoms with van der Waals surface area (Å²) in [6, 6.07) is 2.07. The normalized spacial score (nSPS) is 21.9. The van der Waals surface area contributed by atoms with Gasteiger partial charge in [0.25, 0.3) is 0 Å². The summed E-state index contributed by atoms with van der Waals surface area (Å²) in [6.45, 7) is 1.98. The number of furan rings is 1. The topological polar surface area (TPSA) is 30.2 Å². The van der Waals surface area contributed by atoms with Crippen molar-refractivity contribution in [1.29, 1.82) is 0 Å². The van der Waals surface area contributed by atoms with Gasteiger partial charge in [-0.05, 0) is 37.5 Å². The van der Waals surface area contributed by atoms with Crippen LogP contribution in [0, 0.1) is 0 Å². The molecule has 0 radical (unpaired) electrons. The van der Waals surface area contributed by atoms with E-state index < -0.39 is 0 Å². The van der Waals surface area contributed by atoms with Gasteiger partial charge in [0.05, 0.1) is 6.26 Å². The van der Waals surface area contributed by atoms with Crippen molar-refractivity contribution >= 4 is 11.4 Å². The summed E-state index contributed by atoms with van der Waals surface area (Å²) in [6.07, 6.45) is 11.1. The fourth-order valence-electron chi connectivity index (χ4n) is 2.24. The molecule has 0 spiro atoms. The van der Waals surface area contributed by atoms with Crippen molar-refractivity contribution in [2.75, 3.05) is 0 Å². The van der Waals surface area contributed by atoms with E-state index in [1.807, 2.05) is 6.92 Å². The Balaban J connectivity index is 2.15. The maximum Gasteiger partial charge on any atom is 0.155 e. The molecule has 0 fully saturated rings. The Morgan fingerprint density at radius 2 is 1.76 bits per heavy atom. The molecule has 92 valence electrons. The summed E-state index contributed by atoms with van der Waals surface area (Å²) in [5, 5.41) is 0. The molecular weight excluding hydrogens is 212 g/mol. The highest BCUT2D eigenvalue weighted by atomic mass is 16.3. The number of rotatable bonds is 0. The van der Waals surface area contributed by atoms with Gasteiger partial charge in [-0.15, -0.1) is 0 Å². The number of fused-ring (bicyclic) bond motifs is 2. The zero-order chi connectivity index (χ0) is 12.1. The summed E-state index contributed by atoms with van der Waals surface area (Å²) in [5.74, 6) is 1.28. The van der Waals surface area contributed by atoms with Crippen LogP contribution in [0.5, 0.6) is 0 Å². The van der Waals surface area contributed by atoms with Crippen molar-refractivity contribution in [3.05, 3.63) is 29.7 Å². The number of carbonyl (C=O) groups excluding carboxylic acids is 1. The Labute approximate surface area is 103 Å². The first-order valence-corrected chi connectivity index (χ1v) is 6.54. The van der Waals surface area contributed by atoms with E-state index in [9.17, 15) is 4.79 Å². The fraction of sp³-hybridized carbons (Fsp3) is 0.533. The highest BCUT2D eigenvalue weighted by molar-refractivity contribution is 5.96. The van der Waals surface area contributed by atoms with Gasteiger partial charge >= 0.3 is 0 Å². The quantitative estimate of drug-likeness (QED) is 0.672. The van der Waals surface area contributed by atoms with Gasteiger partial charge in [0, 0.05) is 18.4 Å². The molecule has 0 saturated carbocycles. The third-order valence-corrected chi connectivity index (χ3v) is 3.33. The highest BCUT2D eigenvalue weighted by Gasteiger charge is 2.07. The maximum absolute atomic E-state index is 11.7. The van der Waals surface area contributed by atoms with Crippen LogP contribution < -0.4 is 0 Å². The van der Waals surface area contributed by atoms with Crippen LogP contribution in [0.2, 0.25) is 0 Å². The zero-order valence-corrected chi connectivity index (χ0v) is 10.5. The first kappa shape index (κ1) is 12.2. The molecule has 1 aromatic rings. The van der Waals surface area contributed by atoms with Gasteiger partial charge in [-0.2, -0.15) is 0 Å². The van der Waals surface area contributed by atoms with Gasteiger partial charge in [0.15, 0.2) is 5.78 Å². The lowest BCUT2D eigenvalue weighted by Crippen LogP contribution is -1.94. The zero-order valence-electron chi connectivity index (χ0n) is 10.5. The first-order valence-electron chi connectivity index (χ1n) is 6.54. The van der Waals surface area contributed by atoms with Crippen molar-refractivity contribution in [2.24, 2.45) is 0 Å². The average Bonchev–Trinajstić information content (AvgIpc) is 2.76. The van der Waals surface area contributed by atoms with Crippen LogP contribution in [-0.2, 0) is 11.2 Å². The van der Waals surface area contributed by atoms with Crippen LogP contribution in [-0.4, -0.2) is 5.78 Å². The number of hydrogen-bond acceptors (Lipinski definition) is 2. The van der Waals surface area contributed by atoms with Crippen LogP contribution in [0.4, 0.5) is 0 Å². The second-order valence-electron chi connectivity index (χ2n) is 4.86. The van der Waals surface area contributed by atoms with Crippen molar-refractivity contribution < 1.29 is 9.21 Å². The van der Waals surface area contributed by atoms with Gasteiger partial charge < -0.3 is 4.42 Å². The van der Waals surface area contributed by atoms with Crippen LogP contribution >= 0.6 is 0 Å². The average molecular weight is 232 g/mol. The van der Waals surface area contributed by atoms with Crippen molar-refractivity contribution in [2.45, 2.75) is 51.9 Å². The van der Waals surface area contributed by atoms with Gasteiger partial charge in [0.2, 0.25) is 0 Å². The molecule has 0 atom stereocenters. The molecule has 17 heavy (non-hydrogen) atoms. The van der Waals surface area contributed by atoms with Crippen LogP contribution in [0.1, 0.15) is 56.8 Å². The molecule has 0 N–H and O–H groups in total. The van der Waals surface area contributed by atoms with E-state index in [0.29, 0.717) is 6.42 Å². The monoisotopic (exact) mass is 232 g/mol. The lowest BCUT2D eigenvalue weighted by Gasteiger charge is -2.00. The van der Waals surface area contributed by atoms with Crippen molar-refractivity contribution in [3.8, 4) is 0 Å². The van der Waals surface area contributed by atoms with Gasteiger partial charge in [-0.1, -0.05) is 19.3 Å². The highest BCUT2D eigenvalue weighted by Crippen LogP contribution is 2.20. The fourth-order valence-corrected chi connectivity index (χ4v) is 2.24. The number of allylic oxidation sites excluding steroid dienone is 2. The Hall–Kier alpha value is -1.31. The SMILES string of the molecule is C/C1=C/C(=O)CCCCCCCc2cc1co2. The Bertz CT molecular complexity index is 412. The molecule has 2 rings (SSSR count). The molecule has 0 aliphatic heterocycles. The van der Waals surface area contributed by atoms with Crippen LogP contribution in [0.3, 0.4) is 0 Å². The first-order chi connectivity index (χ1) is 8.25. The lowest BCUT2D eigenvalue weighted by atomic mass is 10.1. The molecule has 0 unspecified atom stereocenters. The second kappa shape index (κ2) is 5.85. The Kier molecular flexibility index (Phi) is 4.18. The molecular formula is C15H20O2. The Morgan fingerprint density at radius 3 is 2.59 bits per heavy atom. The summed E-state index contributed by atoms with van der Waals surface area (Å²) in [7, 11) is 0.